The largest absolute Gasteiger partial charge is 0.489 e. The first-order chi connectivity index (χ1) is 6.24. The molecule has 0 spiro atoms. The van der Waals surface area contributed by atoms with Crippen LogP contribution in [0.3, 0.4) is 0 Å². The van der Waals surface area contributed by atoms with Crippen molar-refractivity contribution in [2.75, 3.05) is 6.61 Å². The second kappa shape index (κ2) is 5.07. The van der Waals surface area contributed by atoms with Gasteiger partial charge in [0.05, 0.1) is 0 Å². The molecule has 0 aromatic heterocycles. The molecular weight excluding hydrogens is 228 g/mol. The Kier molecular flexibility index (Phi) is 4.03. The minimum Gasteiger partial charge on any atom is -0.489 e. The van der Waals surface area contributed by atoms with E-state index in [4.69, 9.17) is 4.74 Å². The Morgan fingerprint density at radius 2 is 2.23 bits per heavy atom. The summed E-state index contributed by atoms with van der Waals surface area (Å²) in [5, 5.41) is 0. The Bertz CT molecular complexity index is 305. The number of hydrogen-bond donors (Lipinski definition) is 0. The minimum atomic E-state index is 0.638. The van der Waals surface area contributed by atoms with Crippen molar-refractivity contribution in [2.45, 2.75) is 13.8 Å². The van der Waals surface area contributed by atoms with Gasteiger partial charge in [0, 0.05) is 4.47 Å². The van der Waals surface area contributed by atoms with Crippen LogP contribution in [0.5, 0.6) is 5.75 Å². The van der Waals surface area contributed by atoms with Gasteiger partial charge in [-0.3, -0.25) is 0 Å². The van der Waals surface area contributed by atoms with E-state index in [2.05, 4.69) is 15.9 Å². The van der Waals surface area contributed by atoms with E-state index in [1.165, 1.54) is 0 Å². The van der Waals surface area contributed by atoms with Crippen LogP contribution in [0.1, 0.15) is 12.5 Å². The molecule has 1 aromatic carbocycles. The zero-order chi connectivity index (χ0) is 9.68. The molecule has 1 rings (SSSR count). The van der Waals surface area contributed by atoms with E-state index in [1.807, 2.05) is 44.2 Å². The molecule has 0 atom stereocenters. The average Bonchev–Trinajstić information content (AvgIpc) is 2.09. The van der Waals surface area contributed by atoms with Crippen LogP contribution in [-0.2, 0) is 0 Å². The lowest BCUT2D eigenvalue weighted by molar-refractivity contribution is 0.360. The molecule has 1 nitrogen and oxygen atoms in total. The fourth-order valence-corrected chi connectivity index (χ4v) is 1.48. The Morgan fingerprint density at radius 3 is 2.85 bits per heavy atom. The molecule has 0 N–H and O–H groups in total. The Morgan fingerprint density at radius 1 is 1.46 bits per heavy atom. The topological polar surface area (TPSA) is 9.23 Å². The van der Waals surface area contributed by atoms with E-state index in [0.717, 1.165) is 15.8 Å². The van der Waals surface area contributed by atoms with Gasteiger partial charge in [0.2, 0.25) is 0 Å². The first-order valence-corrected chi connectivity index (χ1v) is 5.03. The van der Waals surface area contributed by atoms with E-state index >= 15 is 0 Å². The second-order valence-corrected chi connectivity index (χ2v) is 3.71. The fourth-order valence-electron chi connectivity index (χ4n) is 1.01. The normalized spacial score (nSPS) is 10.7. The molecule has 0 fully saturated rings. The predicted molar refractivity (Wildman–Crippen MR) is 59.2 cm³/mol. The number of benzene rings is 1. The summed E-state index contributed by atoms with van der Waals surface area (Å²) in [7, 11) is 0. The van der Waals surface area contributed by atoms with Gasteiger partial charge in [0.15, 0.2) is 0 Å². The van der Waals surface area contributed by atoms with Crippen molar-refractivity contribution >= 4 is 15.9 Å². The maximum absolute atomic E-state index is 5.52. The van der Waals surface area contributed by atoms with Crippen molar-refractivity contribution in [1.82, 2.24) is 0 Å². The molecule has 70 valence electrons. The molecule has 0 saturated carbocycles. The van der Waals surface area contributed by atoms with Gasteiger partial charge in [0.25, 0.3) is 0 Å². The van der Waals surface area contributed by atoms with Crippen LogP contribution in [0.15, 0.2) is 34.8 Å². The number of hydrogen-bond acceptors (Lipinski definition) is 1. The molecule has 0 aliphatic carbocycles. The molecule has 2 heteroatoms. The molecule has 0 aliphatic heterocycles. The number of aryl methyl sites for hydroxylation is 1. The van der Waals surface area contributed by atoms with Gasteiger partial charge in [-0.1, -0.05) is 28.1 Å². The molecule has 0 heterocycles. The monoisotopic (exact) mass is 240 g/mol. The van der Waals surface area contributed by atoms with Crippen molar-refractivity contribution in [1.29, 1.82) is 0 Å². The molecule has 0 amide bonds. The second-order valence-electron chi connectivity index (χ2n) is 2.79. The summed E-state index contributed by atoms with van der Waals surface area (Å²) in [6.45, 7) is 4.66. The smallest absolute Gasteiger partial charge is 0.122 e. The number of allylic oxidation sites excluding steroid dienone is 1. The van der Waals surface area contributed by atoms with Crippen LogP contribution in [0.25, 0.3) is 0 Å². The van der Waals surface area contributed by atoms with E-state index < -0.39 is 0 Å². The fraction of sp³-hybridized carbons (Fsp3) is 0.273. The Hall–Kier alpha value is -0.760. The highest BCUT2D eigenvalue weighted by atomic mass is 79.9. The molecule has 0 unspecified atom stereocenters. The van der Waals surface area contributed by atoms with Gasteiger partial charge in [-0.25, -0.2) is 0 Å². The molecule has 0 radical (unpaired) electrons. The zero-order valence-corrected chi connectivity index (χ0v) is 9.47. The third-order valence-corrected chi connectivity index (χ3v) is 2.20. The first kappa shape index (κ1) is 10.3. The molecule has 0 bridgehead atoms. The number of ether oxygens (including phenoxy) is 1. The lowest BCUT2D eigenvalue weighted by Crippen LogP contribution is -1.94. The lowest BCUT2D eigenvalue weighted by Gasteiger charge is -2.06. The molecule has 13 heavy (non-hydrogen) atoms. The third-order valence-electron chi connectivity index (χ3n) is 1.71. The van der Waals surface area contributed by atoms with Crippen LogP contribution >= 0.6 is 15.9 Å². The summed E-state index contributed by atoms with van der Waals surface area (Å²) in [5.41, 5.74) is 1.15. The molecule has 0 aliphatic rings. The van der Waals surface area contributed by atoms with Crippen molar-refractivity contribution in [3.05, 3.63) is 40.4 Å². The van der Waals surface area contributed by atoms with Crippen LogP contribution < -0.4 is 4.74 Å². The highest BCUT2D eigenvalue weighted by Gasteiger charge is 1.97. The number of halogens is 1. The van der Waals surface area contributed by atoms with Gasteiger partial charge in [-0.2, -0.15) is 0 Å². The maximum atomic E-state index is 5.52. The maximum Gasteiger partial charge on any atom is 0.122 e. The van der Waals surface area contributed by atoms with Gasteiger partial charge < -0.3 is 4.74 Å². The van der Waals surface area contributed by atoms with Crippen LogP contribution in [0, 0.1) is 6.92 Å². The summed E-state index contributed by atoms with van der Waals surface area (Å²) in [6.07, 6.45) is 3.97. The van der Waals surface area contributed by atoms with Gasteiger partial charge in [0.1, 0.15) is 12.4 Å². The van der Waals surface area contributed by atoms with Crippen LogP contribution in [-0.4, -0.2) is 6.61 Å². The average molecular weight is 241 g/mol. The highest BCUT2D eigenvalue weighted by molar-refractivity contribution is 9.10. The molecular formula is C11H13BrO. The van der Waals surface area contributed by atoms with E-state index in [9.17, 15) is 0 Å². The Balaban J connectivity index is 2.66. The van der Waals surface area contributed by atoms with Crippen molar-refractivity contribution in [3.8, 4) is 5.75 Å². The number of rotatable bonds is 3. The lowest BCUT2D eigenvalue weighted by atomic mass is 10.2. The quantitative estimate of drug-likeness (QED) is 0.733. The van der Waals surface area contributed by atoms with Crippen LogP contribution in [0.4, 0.5) is 0 Å². The summed E-state index contributed by atoms with van der Waals surface area (Å²) in [6, 6.07) is 6.01. The third kappa shape index (κ3) is 3.23. The van der Waals surface area contributed by atoms with E-state index in [0.29, 0.717) is 6.61 Å². The van der Waals surface area contributed by atoms with Gasteiger partial charge in [-0.05, 0) is 37.6 Å². The first-order valence-electron chi connectivity index (χ1n) is 4.24. The highest BCUT2D eigenvalue weighted by Crippen LogP contribution is 2.21. The molecule has 0 saturated heterocycles. The Labute approximate surface area is 87.5 Å². The minimum absolute atomic E-state index is 0.638. The molecule has 1 aromatic rings. The van der Waals surface area contributed by atoms with E-state index in [-0.39, 0.29) is 0 Å². The summed E-state index contributed by atoms with van der Waals surface area (Å²) < 4.78 is 6.61. The standard InChI is InChI=1S/C11H13BrO/c1-3-4-7-13-11-6-5-10(12)8-9(11)2/h3-6,8H,7H2,1-2H3/b4-3+. The summed E-state index contributed by atoms with van der Waals surface area (Å²) >= 11 is 3.41. The van der Waals surface area contributed by atoms with Crippen molar-refractivity contribution < 1.29 is 4.74 Å². The van der Waals surface area contributed by atoms with Gasteiger partial charge >= 0.3 is 0 Å². The van der Waals surface area contributed by atoms with Crippen LogP contribution in [0.2, 0.25) is 0 Å². The summed E-state index contributed by atoms with van der Waals surface area (Å²) in [5.74, 6) is 0.946. The van der Waals surface area contributed by atoms with Crippen molar-refractivity contribution in [3.63, 3.8) is 0 Å². The van der Waals surface area contributed by atoms with Crippen molar-refractivity contribution in [2.24, 2.45) is 0 Å². The SMILES string of the molecule is C/C=C/COc1ccc(Br)cc1C. The van der Waals surface area contributed by atoms with E-state index in [1.54, 1.807) is 0 Å². The zero-order valence-electron chi connectivity index (χ0n) is 7.88. The summed E-state index contributed by atoms with van der Waals surface area (Å²) in [4.78, 5) is 0. The predicted octanol–water partition coefficient (Wildman–Crippen LogP) is 3.71. The van der Waals surface area contributed by atoms with Gasteiger partial charge in [-0.15, -0.1) is 0 Å².